The van der Waals surface area contributed by atoms with Gasteiger partial charge in [0.1, 0.15) is 12.1 Å². The molecular weight excluding hydrogens is 588 g/mol. The maximum atomic E-state index is 13.8. The van der Waals surface area contributed by atoms with Crippen molar-refractivity contribution in [2.45, 2.75) is 39.3 Å². The molecule has 0 radical (unpaired) electrons. The van der Waals surface area contributed by atoms with Crippen molar-refractivity contribution in [1.29, 1.82) is 0 Å². The van der Waals surface area contributed by atoms with Crippen molar-refractivity contribution < 1.29 is 23.8 Å². The number of carbonyl (C=O) groups is 2. The third-order valence-corrected chi connectivity index (χ3v) is 7.58. The number of nitrogens with zero attached hydrogens (tertiary/aromatic N) is 6. The van der Waals surface area contributed by atoms with Gasteiger partial charge in [0.05, 0.1) is 49.3 Å². The fourth-order valence-electron chi connectivity index (χ4n) is 5.25. The first-order valence-corrected chi connectivity index (χ1v) is 15.5. The molecule has 1 aliphatic rings. The van der Waals surface area contributed by atoms with Crippen LogP contribution in [0, 0.1) is 6.92 Å². The third kappa shape index (κ3) is 7.72. The predicted molar refractivity (Wildman–Crippen MR) is 175 cm³/mol. The van der Waals surface area contributed by atoms with E-state index in [1.807, 2.05) is 44.8 Å². The molecule has 46 heavy (non-hydrogen) atoms. The number of benzene rings is 1. The monoisotopic (exact) mass is 630 g/mol. The van der Waals surface area contributed by atoms with E-state index in [4.69, 9.17) is 19.2 Å². The molecule has 1 aromatic carbocycles. The molecule has 0 atom stereocenters. The topological polar surface area (TPSA) is 138 Å². The van der Waals surface area contributed by atoms with Crippen LogP contribution in [0.5, 0.6) is 11.6 Å². The van der Waals surface area contributed by atoms with Crippen LogP contribution in [0.3, 0.4) is 0 Å². The third-order valence-electron chi connectivity index (χ3n) is 7.58. The first-order valence-electron chi connectivity index (χ1n) is 15.5. The van der Waals surface area contributed by atoms with Crippen LogP contribution < -0.4 is 20.1 Å². The SMILES string of the molecule is C=CC(=O)NCCOc1c(COCCN(C)C)ccc2nc3n(c12)CCCCCOc1c(cnn1C)-c1cc(cc(C)n1)C(=O)N3. The largest absolute Gasteiger partial charge is 0.489 e. The Kier molecular flexibility index (Phi) is 10.7. The average Bonchev–Trinajstić information content (AvgIpc) is 3.57. The van der Waals surface area contributed by atoms with Gasteiger partial charge in [-0.1, -0.05) is 12.6 Å². The summed E-state index contributed by atoms with van der Waals surface area (Å²) >= 11 is 0. The highest BCUT2D eigenvalue weighted by molar-refractivity contribution is 6.05. The summed E-state index contributed by atoms with van der Waals surface area (Å²) in [6.07, 6.45) is 5.44. The molecule has 0 unspecified atom stereocenters. The lowest BCUT2D eigenvalue weighted by atomic mass is 10.1. The molecule has 13 heteroatoms. The van der Waals surface area contributed by atoms with Crippen LogP contribution in [0.15, 0.2) is 43.1 Å². The molecule has 1 aliphatic heterocycles. The first kappa shape index (κ1) is 32.6. The zero-order chi connectivity index (χ0) is 32.6. The lowest BCUT2D eigenvalue weighted by Crippen LogP contribution is -2.26. The molecule has 4 aromatic rings. The minimum Gasteiger partial charge on any atom is -0.489 e. The zero-order valence-electron chi connectivity index (χ0n) is 27.0. The number of aromatic nitrogens is 5. The maximum absolute atomic E-state index is 13.8. The Morgan fingerprint density at radius 2 is 2.04 bits per heavy atom. The van der Waals surface area contributed by atoms with E-state index in [1.54, 1.807) is 23.0 Å². The Morgan fingerprint density at radius 1 is 1.20 bits per heavy atom. The molecule has 244 valence electrons. The van der Waals surface area contributed by atoms with Gasteiger partial charge in [0.15, 0.2) is 5.75 Å². The first-order chi connectivity index (χ1) is 22.2. The fraction of sp³-hybridized carbons (Fsp3) is 0.424. The lowest BCUT2D eigenvalue weighted by molar-refractivity contribution is -0.116. The van der Waals surface area contributed by atoms with Crippen LogP contribution in [-0.2, 0) is 29.7 Å². The summed E-state index contributed by atoms with van der Waals surface area (Å²) in [7, 11) is 5.82. The van der Waals surface area contributed by atoms with Gasteiger partial charge in [0, 0.05) is 37.0 Å². The molecule has 2 bridgehead atoms. The van der Waals surface area contributed by atoms with Crippen molar-refractivity contribution in [2.24, 2.45) is 7.05 Å². The molecule has 3 aromatic heterocycles. The van der Waals surface area contributed by atoms with Crippen LogP contribution in [0.4, 0.5) is 5.95 Å². The summed E-state index contributed by atoms with van der Waals surface area (Å²) < 4.78 is 22.2. The molecule has 5 rings (SSSR count). The smallest absolute Gasteiger partial charge is 0.258 e. The molecule has 0 saturated heterocycles. The maximum Gasteiger partial charge on any atom is 0.258 e. The van der Waals surface area contributed by atoms with Gasteiger partial charge in [-0.25, -0.2) is 9.67 Å². The highest BCUT2D eigenvalue weighted by Crippen LogP contribution is 2.34. The van der Waals surface area contributed by atoms with Gasteiger partial charge >= 0.3 is 0 Å². The summed E-state index contributed by atoms with van der Waals surface area (Å²) in [6.45, 7) is 8.63. The normalized spacial score (nSPS) is 13.6. The number of pyridine rings is 1. The van der Waals surface area contributed by atoms with Crippen molar-refractivity contribution in [2.75, 3.05) is 52.3 Å². The predicted octanol–water partition coefficient (Wildman–Crippen LogP) is 3.71. The van der Waals surface area contributed by atoms with Crippen molar-refractivity contribution >= 4 is 28.8 Å². The molecule has 4 heterocycles. The number of anilines is 1. The van der Waals surface area contributed by atoms with Crippen LogP contribution >= 0.6 is 0 Å². The van der Waals surface area contributed by atoms with Gasteiger partial charge in [-0.2, -0.15) is 5.10 Å². The lowest BCUT2D eigenvalue weighted by Gasteiger charge is -2.17. The number of aryl methyl sites for hydroxylation is 3. The number of hydrogen-bond acceptors (Lipinski definition) is 9. The Hall–Kier alpha value is -4.75. The zero-order valence-corrected chi connectivity index (χ0v) is 27.0. The summed E-state index contributed by atoms with van der Waals surface area (Å²) in [5, 5.41) is 10.2. The number of imidazole rings is 1. The highest BCUT2D eigenvalue weighted by Gasteiger charge is 2.22. The molecule has 2 amide bonds. The molecule has 0 spiro atoms. The summed E-state index contributed by atoms with van der Waals surface area (Å²) in [5.41, 5.74) is 4.74. The van der Waals surface area contributed by atoms with Gasteiger partial charge in [-0.3, -0.25) is 19.9 Å². The molecular formula is C33H42N8O5. The van der Waals surface area contributed by atoms with E-state index in [9.17, 15) is 9.59 Å². The van der Waals surface area contributed by atoms with Gasteiger partial charge in [-0.15, -0.1) is 0 Å². The number of nitrogens with one attached hydrogen (secondary N) is 2. The fourth-order valence-corrected chi connectivity index (χ4v) is 5.25. The molecule has 0 aliphatic carbocycles. The Labute approximate surface area is 268 Å². The molecule has 13 nitrogen and oxygen atoms in total. The number of ether oxygens (including phenoxy) is 3. The van der Waals surface area contributed by atoms with E-state index in [-0.39, 0.29) is 18.4 Å². The van der Waals surface area contributed by atoms with E-state index in [2.05, 4.69) is 32.2 Å². The Morgan fingerprint density at radius 3 is 2.85 bits per heavy atom. The van der Waals surface area contributed by atoms with Gasteiger partial charge in [0.25, 0.3) is 5.91 Å². The van der Waals surface area contributed by atoms with E-state index >= 15 is 0 Å². The van der Waals surface area contributed by atoms with Crippen molar-refractivity contribution in [3.05, 3.63) is 59.9 Å². The van der Waals surface area contributed by atoms with Crippen LogP contribution in [0.1, 0.15) is 40.9 Å². The van der Waals surface area contributed by atoms with Gasteiger partial charge in [-0.05, 0) is 64.6 Å². The summed E-state index contributed by atoms with van der Waals surface area (Å²) in [4.78, 5) is 37.1. The van der Waals surface area contributed by atoms with E-state index in [0.29, 0.717) is 73.0 Å². The van der Waals surface area contributed by atoms with Crippen LogP contribution in [-0.4, -0.2) is 88.0 Å². The minimum absolute atomic E-state index is 0.224. The number of likely N-dealkylation sites (N-methyl/N-ethyl adjacent to an activating group) is 1. The second kappa shape index (κ2) is 15.0. The van der Waals surface area contributed by atoms with Crippen LogP contribution in [0.25, 0.3) is 22.3 Å². The highest BCUT2D eigenvalue weighted by atomic mass is 16.5. The Balaban J connectivity index is 1.53. The molecule has 0 saturated carbocycles. The quantitative estimate of drug-likeness (QED) is 0.198. The summed E-state index contributed by atoms with van der Waals surface area (Å²) in [5.74, 6) is 1.05. The van der Waals surface area contributed by atoms with E-state index < -0.39 is 0 Å². The molecule has 0 fully saturated rings. The number of amides is 2. The number of carbonyl (C=O) groups excluding carboxylic acids is 2. The number of rotatable bonds is 10. The van der Waals surface area contributed by atoms with Crippen LogP contribution in [0.2, 0.25) is 0 Å². The molecule has 2 N–H and O–H groups in total. The van der Waals surface area contributed by atoms with Gasteiger partial charge < -0.3 is 29.0 Å². The van der Waals surface area contributed by atoms with Gasteiger partial charge in [0.2, 0.25) is 17.7 Å². The Bertz CT molecular complexity index is 1710. The number of fused-ring (bicyclic) bond motifs is 7. The van der Waals surface area contributed by atoms with E-state index in [1.165, 1.54) is 6.08 Å². The van der Waals surface area contributed by atoms with Crippen molar-refractivity contribution in [1.82, 2.24) is 34.5 Å². The summed E-state index contributed by atoms with van der Waals surface area (Å²) in [6, 6.07) is 7.35. The second-order valence-corrected chi connectivity index (χ2v) is 11.4. The minimum atomic E-state index is -0.314. The van der Waals surface area contributed by atoms with Crippen molar-refractivity contribution in [3.63, 3.8) is 0 Å². The average molecular weight is 631 g/mol. The van der Waals surface area contributed by atoms with E-state index in [0.717, 1.165) is 42.5 Å². The standard InChI is InChI=1S/C33H42N8O5/c1-6-28(42)34-12-16-45-30-23(21-44-17-14-39(3)4)10-11-26-29(30)41-13-8-7-9-15-46-32-25(20-35-40(32)5)27-19-24(18-22(2)36-27)31(43)38-33(41)37-26/h6,10-11,18-20H,1,7-9,12-17,21H2,2-5H3,(H,34,42)(H,37,38,43). The number of hydrogen-bond donors (Lipinski definition) is 2. The second-order valence-electron chi connectivity index (χ2n) is 11.4. The van der Waals surface area contributed by atoms with Crippen molar-refractivity contribution in [3.8, 4) is 22.9 Å².